The summed E-state index contributed by atoms with van der Waals surface area (Å²) >= 11 is 5.47. The van der Waals surface area contributed by atoms with Gasteiger partial charge < -0.3 is 9.39 Å². The van der Waals surface area contributed by atoms with Crippen LogP contribution in [0.25, 0.3) is 0 Å². The third-order valence-corrected chi connectivity index (χ3v) is 2.01. The molecular weight excluding hydrogens is 220 g/mol. The number of halogens is 1. The van der Waals surface area contributed by atoms with E-state index < -0.39 is 11.9 Å². The fourth-order valence-electron chi connectivity index (χ4n) is 0.854. The summed E-state index contributed by atoms with van der Waals surface area (Å²) in [5, 5.41) is 0. The first-order valence-electron chi connectivity index (χ1n) is 4.50. The molecule has 0 radical (unpaired) electrons. The van der Waals surface area contributed by atoms with Crippen molar-refractivity contribution in [3.05, 3.63) is 0 Å². The van der Waals surface area contributed by atoms with Crippen molar-refractivity contribution in [2.75, 3.05) is 33.0 Å². The SMILES string of the molecule is COC(=O)CN(C)CC(=O)OB(C)CCl. The average Bonchev–Trinajstić information content (AvgIpc) is 2.16. The molecule has 0 saturated heterocycles. The molecule has 0 aliphatic heterocycles. The van der Waals surface area contributed by atoms with E-state index in [1.807, 2.05) is 0 Å². The van der Waals surface area contributed by atoms with Crippen LogP contribution in [-0.4, -0.2) is 56.8 Å². The molecule has 0 aliphatic carbocycles. The predicted molar refractivity (Wildman–Crippen MR) is 57.9 cm³/mol. The number of ether oxygens (including phenoxy) is 1. The van der Waals surface area contributed by atoms with Gasteiger partial charge in [0.1, 0.15) is 0 Å². The fourth-order valence-corrected chi connectivity index (χ4v) is 0.917. The quantitative estimate of drug-likeness (QED) is 0.369. The topological polar surface area (TPSA) is 55.8 Å². The molecule has 86 valence electrons. The van der Waals surface area contributed by atoms with Gasteiger partial charge in [-0.2, -0.15) is 0 Å². The van der Waals surface area contributed by atoms with Crippen molar-refractivity contribution in [3.8, 4) is 0 Å². The van der Waals surface area contributed by atoms with E-state index in [0.717, 1.165) is 0 Å². The Hall–Kier alpha value is -0.745. The zero-order chi connectivity index (χ0) is 11.8. The van der Waals surface area contributed by atoms with Crippen LogP contribution < -0.4 is 0 Å². The van der Waals surface area contributed by atoms with E-state index in [9.17, 15) is 9.59 Å². The zero-order valence-electron chi connectivity index (χ0n) is 9.16. The van der Waals surface area contributed by atoms with Gasteiger partial charge in [-0.05, 0) is 13.9 Å². The molecule has 15 heavy (non-hydrogen) atoms. The van der Waals surface area contributed by atoms with Crippen LogP contribution in [0.15, 0.2) is 0 Å². The first-order chi connectivity index (χ1) is 6.99. The van der Waals surface area contributed by atoms with Crippen LogP contribution in [-0.2, 0) is 19.0 Å². The Morgan fingerprint density at radius 1 is 1.33 bits per heavy atom. The molecule has 0 aromatic rings. The van der Waals surface area contributed by atoms with Gasteiger partial charge in [-0.3, -0.25) is 14.5 Å². The molecule has 0 saturated carbocycles. The minimum absolute atomic E-state index is 0.0380. The predicted octanol–water partition coefficient (Wildman–Crippen LogP) is 0.0337. The Morgan fingerprint density at radius 2 is 1.87 bits per heavy atom. The van der Waals surface area contributed by atoms with Crippen LogP contribution >= 0.6 is 11.6 Å². The highest BCUT2D eigenvalue weighted by Crippen LogP contribution is 1.93. The van der Waals surface area contributed by atoms with Crippen LogP contribution in [0.1, 0.15) is 0 Å². The maximum atomic E-state index is 11.2. The average molecular weight is 235 g/mol. The number of hydrogen-bond donors (Lipinski definition) is 0. The first-order valence-corrected chi connectivity index (χ1v) is 5.03. The summed E-state index contributed by atoms with van der Waals surface area (Å²) in [6, 6.07) is 0. The molecule has 0 unspecified atom stereocenters. The molecule has 0 fully saturated rings. The Labute approximate surface area is 94.8 Å². The number of methoxy groups -OCH3 is 1. The number of carbonyl (C=O) groups excluding carboxylic acids is 2. The van der Waals surface area contributed by atoms with E-state index in [-0.39, 0.29) is 25.8 Å². The minimum Gasteiger partial charge on any atom is -0.534 e. The van der Waals surface area contributed by atoms with Crippen molar-refractivity contribution in [3.63, 3.8) is 0 Å². The molecule has 0 aliphatic rings. The zero-order valence-corrected chi connectivity index (χ0v) is 9.91. The summed E-state index contributed by atoms with van der Waals surface area (Å²) in [4.78, 5) is 23.6. The Kier molecular flexibility index (Phi) is 7.16. The lowest BCUT2D eigenvalue weighted by Gasteiger charge is -2.15. The largest absolute Gasteiger partial charge is 0.534 e. The second kappa shape index (κ2) is 7.53. The number of rotatable bonds is 6. The minimum atomic E-state index is -0.408. The molecule has 0 rings (SSSR count). The van der Waals surface area contributed by atoms with Gasteiger partial charge in [-0.25, -0.2) is 0 Å². The molecule has 0 spiro atoms. The molecule has 0 N–H and O–H groups in total. The maximum absolute atomic E-state index is 11.2. The van der Waals surface area contributed by atoms with Crippen LogP contribution in [0, 0.1) is 0 Å². The number of likely N-dealkylation sites (N-methyl/N-ethyl adjacent to an activating group) is 1. The van der Waals surface area contributed by atoms with Crippen molar-refractivity contribution >= 4 is 30.5 Å². The van der Waals surface area contributed by atoms with Crippen molar-refractivity contribution in [1.29, 1.82) is 0 Å². The molecule has 5 nitrogen and oxygen atoms in total. The second-order valence-corrected chi connectivity index (χ2v) is 3.51. The van der Waals surface area contributed by atoms with Crippen molar-refractivity contribution in [1.82, 2.24) is 4.90 Å². The summed E-state index contributed by atoms with van der Waals surface area (Å²) < 4.78 is 9.37. The smallest absolute Gasteiger partial charge is 0.373 e. The molecule has 0 heterocycles. The number of esters is 1. The summed E-state index contributed by atoms with van der Waals surface area (Å²) in [6.07, 6.45) is 0. The molecule has 0 aromatic carbocycles. The van der Waals surface area contributed by atoms with Gasteiger partial charge in [-0.1, -0.05) is 0 Å². The van der Waals surface area contributed by atoms with Gasteiger partial charge in [-0.15, -0.1) is 11.6 Å². The molecule has 0 bridgehead atoms. The molecule has 0 atom stereocenters. The van der Waals surface area contributed by atoms with Crippen molar-refractivity contribution in [2.24, 2.45) is 0 Å². The lowest BCUT2D eigenvalue weighted by Crippen LogP contribution is -2.34. The molecular formula is C8H15BClNO4. The van der Waals surface area contributed by atoms with Crippen LogP contribution in [0.2, 0.25) is 6.82 Å². The van der Waals surface area contributed by atoms with Crippen molar-refractivity contribution < 1.29 is 19.0 Å². The summed E-state index contributed by atoms with van der Waals surface area (Å²) in [7, 11) is 2.92. The van der Waals surface area contributed by atoms with E-state index >= 15 is 0 Å². The number of nitrogens with zero attached hydrogens (tertiary/aromatic N) is 1. The molecule has 0 amide bonds. The van der Waals surface area contributed by atoms with E-state index in [0.29, 0.717) is 0 Å². The van der Waals surface area contributed by atoms with Gasteiger partial charge >= 0.3 is 18.9 Å². The maximum Gasteiger partial charge on any atom is 0.373 e. The molecule has 7 heteroatoms. The molecule has 0 aromatic heterocycles. The lowest BCUT2D eigenvalue weighted by atomic mass is 9.75. The standard InChI is InChI=1S/C8H15BClNO4/c1-9(6-10)15-8(13)5-11(2)4-7(12)14-3/h4-6H2,1-3H3. The van der Waals surface area contributed by atoms with Crippen LogP contribution in [0.4, 0.5) is 0 Å². The van der Waals surface area contributed by atoms with Gasteiger partial charge in [0.2, 0.25) is 0 Å². The van der Waals surface area contributed by atoms with Crippen molar-refractivity contribution in [2.45, 2.75) is 6.82 Å². The highest BCUT2D eigenvalue weighted by Gasteiger charge is 2.16. The highest BCUT2D eigenvalue weighted by molar-refractivity contribution is 6.62. The second-order valence-electron chi connectivity index (χ2n) is 3.20. The Balaban J connectivity index is 3.81. The summed E-state index contributed by atoms with van der Waals surface area (Å²) in [6.45, 7) is 1.48. The Morgan fingerprint density at radius 3 is 2.33 bits per heavy atom. The number of carbonyl (C=O) groups is 2. The third kappa shape index (κ3) is 7.22. The van der Waals surface area contributed by atoms with Gasteiger partial charge in [0, 0.05) is 5.78 Å². The fraction of sp³-hybridized carbons (Fsp3) is 0.750. The highest BCUT2D eigenvalue weighted by atomic mass is 35.5. The van der Waals surface area contributed by atoms with Gasteiger partial charge in [0.15, 0.2) is 0 Å². The van der Waals surface area contributed by atoms with E-state index in [2.05, 4.69) is 4.74 Å². The normalized spacial score (nSPS) is 9.93. The Bertz CT molecular complexity index is 227. The van der Waals surface area contributed by atoms with Crippen LogP contribution in [0.3, 0.4) is 0 Å². The van der Waals surface area contributed by atoms with Gasteiger partial charge in [0.25, 0.3) is 0 Å². The number of alkyl halides is 1. The first kappa shape index (κ1) is 14.3. The van der Waals surface area contributed by atoms with Crippen LogP contribution in [0.5, 0.6) is 0 Å². The third-order valence-electron chi connectivity index (χ3n) is 1.58. The monoisotopic (exact) mass is 235 g/mol. The summed E-state index contributed by atoms with van der Waals surface area (Å²) in [5.74, 6) is -0.544. The lowest BCUT2D eigenvalue weighted by molar-refractivity contribution is -0.142. The number of hydrogen-bond acceptors (Lipinski definition) is 5. The van der Waals surface area contributed by atoms with Gasteiger partial charge in [0.05, 0.1) is 20.2 Å². The van der Waals surface area contributed by atoms with E-state index in [1.165, 1.54) is 12.0 Å². The van der Waals surface area contributed by atoms with E-state index in [4.69, 9.17) is 16.3 Å². The summed E-state index contributed by atoms with van der Waals surface area (Å²) in [5.41, 5.74) is 0. The van der Waals surface area contributed by atoms with E-state index in [1.54, 1.807) is 13.9 Å².